The number of ether oxygens (including phenoxy) is 1. The standard InChI is InChI=1S/C21H22N4O4/c1-13-10-18(25-8-3-4-9-25)24-17(23-13)12-22-20(26)15-11-14-6-5-7-16(28-2)19(14)29-21(15)27/h5-7,10-11H,3-4,8-9,12H2,1-2H3,(H,22,26). The first-order valence-corrected chi connectivity index (χ1v) is 9.54. The van der Waals surface area contributed by atoms with Crippen LogP contribution in [0.2, 0.25) is 0 Å². The molecule has 0 spiro atoms. The molecule has 8 nitrogen and oxygen atoms in total. The Balaban J connectivity index is 1.54. The summed E-state index contributed by atoms with van der Waals surface area (Å²) in [5.74, 6) is 1.29. The van der Waals surface area contributed by atoms with Gasteiger partial charge in [-0.1, -0.05) is 12.1 Å². The van der Waals surface area contributed by atoms with Crippen molar-refractivity contribution in [1.29, 1.82) is 0 Å². The summed E-state index contributed by atoms with van der Waals surface area (Å²) in [7, 11) is 1.49. The Hall–Kier alpha value is -3.42. The van der Waals surface area contributed by atoms with E-state index in [4.69, 9.17) is 9.15 Å². The fourth-order valence-corrected chi connectivity index (χ4v) is 3.49. The maximum absolute atomic E-state index is 12.6. The summed E-state index contributed by atoms with van der Waals surface area (Å²) in [6.07, 6.45) is 2.30. The Morgan fingerprint density at radius 3 is 2.79 bits per heavy atom. The van der Waals surface area contributed by atoms with Crippen LogP contribution in [0.3, 0.4) is 0 Å². The molecule has 1 amide bonds. The van der Waals surface area contributed by atoms with Gasteiger partial charge in [0.2, 0.25) is 0 Å². The van der Waals surface area contributed by atoms with Gasteiger partial charge in [-0.2, -0.15) is 0 Å². The van der Waals surface area contributed by atoms with Crippen LogP contribution in [0.5, 0.6) is 5.75 Å². The van der Waals surface area contributed by atoms with Crippen molar-refractivity contribution < 1.29 is 13.9 Å². The molecule has 1 aliphatic heterocycles. The van der Waals surface area contributed by atoms with Gasteiger partial charge in [0.1, 0.15) is 17.2 Å². The van der Waals surface area contributed by atoms with Gasteiger partial charge in [-0.15, -0.1) is 0 Å². The molecule has 1 N–H and O–H groups in total. The Morgan fingerprint density at radius 2 is 2.03 bits per heavy atom. The third-order valence-corrected chi connectivity index (χ3v) is 4.91. The topological polar surface area (TPSA) is 97.6 Å². The van der Waals surface area contributed by atoms with Crippen molar-refractivity contribution in [3.63, 3.8) is 0 Å². The van der Waals surface area contributed by atoms with Crippen LogP contribution >= 0.6 is 0 Å². The lowest BCUT2D eigenvalue weighted by Crippen LogP contribution is -2.29. The zero-order valence-electron chi connectivity index (χ0n) is 16.4. The number of hydrogen-bond acceptors (Lipinski definition) is 7. The molecule has 150 valence electrons. The van der Waals surface area contributed by atoms with Gasteiger partial charge in [0.25, 0.3) is 5.91 Å². The lowest BCUT2D eigenvalue weighted by atomic mass is 10.1. The predicted octanol–water partition coefficient (Wildman–Crippen LogP) is 2.43. The van der Waals surface area contributed by atoms with Crippen LogP contribution in [0.1, 0.15) is 34.7 Å². The second-order valence-electron chi connectivity index (χ2n) is 6.99. The predicted molar refractivity (Wildman–Crippen MR) is 108 cm³/mol. The molecule has 1 aliphatic rings. The highest BCUT2D eigenvalue weighted by Crippen LogP contribution is 2.24. The summed E-state index contributed by atoms with van der Waals surface area (Å²) in [6, 6.07) is 8.67. The Bertz CT molecular complexity index is 1120. The van der Waals surface area contributed by atoms with Crippen molar-refractivity contribution in [3.05, 3.63) is 57.8 Å². The van der Waals surface area contributed by atoms with Crippen LogP contribution in [0.25, 0.3) is 11.0 Å². The van der Waals surface area contributed by atoms with Gasteiger partial charge in [-0.25, -0.2) is 14.8 Å². The first kappa shape index (κ1) is 18.9. The van der Waals surface area contributed by atoms with Gasteiger partial charge in [0.15, 0.2) is 11.3 Å². The third-order valence-electron chi connectivity index (χ3n) is 4.91. The Kier molecular flexibility index (Phi) is 5.16. The summed E-state index contributed by atoms with van der Waals surface area (Å²) in [4.78, 5) is 36.1. The monoisotopic (exact) mass is 394 g/mol. The number of amides is 1. The highest BCUT2D eigenvalue weighted by molar-refractivity contribution is 5.97. The smallest absolute Gasteiger partial charge is 0.349 e. The van der Waals surface area contributed by atoms with Crippen LogP contribution < -0.4 is 20.6 Å². The van der Waals surface area contributed by atoms with Gasteiger partial charge in [0, 0.05) is 30.2 Å². The molecule has 0 saturated carbocycles. The van der Waals surface area contributed by atoms with Gasteiger partial charge in [-0.3, -0.25) is 4.79 Å². The van der Waals surface area contributed by atoms with E-state index in [0.717, 1.165) is 37.4 Å². The van der Waals surface area contributed by atoms with E-state index in [1.807, 2.05) is 13.0 Å². The molecule has 3 heterocycles. The zero-order chi connectivity index (χ0) is 20.4. The number of benzene rings is 1. The van der Waals surface area contributed by atoms with Crippen molar-refractivity contribution in [2.24, 2.45) is 0 Å². The minimum Gasteiger partial charge on any atom is -0.493 e. The van der Waals surface area contributed by atoms with E-state index in [1.165, 1.54) is 13.2 Å². The number of carbonyl (C=O) groups is 1. The number of carbonyl (C=O) groups excluding carboxylic acids is 1. The molecule has 8 heteroatoms. The number of hydrogen-bond donors (Lipinski definition) is 1. The molecule has 1 aromatic carbocycles. The van der Waals surface area contributed by atoms with E-state index >= 15 is 0 Å². The number of nitrogens with zero attached hydrogens (tertiary/aromatic N) is 3. The van der Waals surface area contributed by atoms with E-state index < -0.39 is 11.5 Å². The molecule has 0 atom stereocenters. The summed E-state index contributed by atoms with van der Waals surface area (Å²) in [5, 5.41) is 3.33. The number of para-hydroxylation sites is 1. The van der Waals surface area contributed by atoms with Crippen molar-refractivity contribution >= 4 is 22.7 Å². The normalized spacial score (nSPS) is 13.7. The van der Waals surface area contributed by atoms with Gasteiger partial charge < -0.3 is 19.4 Å². The molecule has 2 aromatic heterocycles. The van der Waals surface area contributed by atoms with Crippen molar-refractivity contribution in [2.75, 3.05) is 25.1 Å². The Labute approximate surface area is 167 Å². The van der Waals surface area contributed by atoms with E-state index in [1.54, 1.807) is 18.2 Å². The van der Waals surface area contributed by atoms with Gasteiger partial charge >= 0.3 is 5.63 Å². The van der Waals surface area contributed by atoms with E-state index in [9.17, 15) is 9.59 Å². The van der Waals surface area contributed by atoms with Gasteiger partial charge in [0.05, 0.1) is 13.7 Å². The molecule has 3 aromatic rings. The quantitative estimate of drug-likeness (QED) is 0.664. The zero-order valence-corrected chi connectivity index (χ0v) is 16.4. The van der Waals surface area contributed by atoms with Gasteiger partial charge in [-0.05, 0) is 31.9 Å². The van der Waals surface area contributed by atoms with Crippen molar-refractivity contribution in [2.45, 2.75) is 26.3 Å². The molecule has 29 heavy (non-hydrogen) atoms. The van der Waals surface area contributed by atoms with Crippen LogP contribution in [0, 0.1) is 6.92 Å². The van der Waals surface area contributed by atoms with Crippen LogP contribution in [-0.2, 0) is 6.54 Å². The molecule has 0 aliphatic carbocycles. The summed E-state index contributed by atoms with van der Waals surface area (Å²) < 4.78 is 10.5. The molecule has 1 saturated heterocycles. The lowest BCUT2D eigenvalue weighted by Gasteiger charge is -2.17. The molecule has 0 unspecified atom stereocenters. The summed E-state index contributed by atoms with van der Waals surface area (Å²) >= 11 is 0. The van der Waals surface area contributed by atoms with E-state index in [0.29, 0.717) is 22.5 Å². The molecular formula is C21H22N4O4. The largest absolute Gasteiger partial charge is 0.493 e. The summed E-state index contributed by atoms with van der Waals surface area (Å²) in [6.45, 7) is 3.97. The Morgan fingerprint density at radius 1 is 1.24 bits per heavy atom. The number of rotatable bonds is 5. The molecule has 4 rings (SSSR count). The highest BCUT2D eigenvalue weighted by Gasteiger charge is 2.18. The number of anilines is 1. The van der Waals surface area contributed by atoms with E-state index in [-0.39, 0.29) is 12.1 Å². The van der Waals surface area contributed by atoms with Crippen LogP contribution in [-0.4, -0.2) is 36.1 Å². The number of aryl methyl sites for hydroxylation is 1. The maximum atomic E-state index is 12.6. The van der Waals surface area contributed by atoms with Crippen LogP contribution in [0.15, 0.2) is 39.5 Å². The first-order chi connectivity index (χ1) is 14.0. The third kappa shape index (κ3) is 3.91. The first-order valence-electron chi connectivity index (χ1n) is 9.54. The number of nitrogens with one attached hydrogen (secondary N) is 1. The number of aromatic nitrogens is 2. The minimum atomic E-state index is -0.720. The second-order valence-corrected chi connectivity index (χ2v) is 6.99. The average Bonchev–Trinajstić information content (AvgIpc) is 3.25. The van der Waals surface area contributed by atoms with Crippen LogP contribution in [0.4, 0.5) is 5.82 Å². The minimum absolute atomic E-state index is 0.0711. The number of fused-ring (bicyclic) bond motifs is 1. The molecular weight excluding hydrogens is 372 g/mol. The average molecular weight is 394 g/mol. The highest BCUT2D eigenvalue weighted by atomic mass is 16.5. The fraction of sp³-hybridized carbons (Fsp3) is 0.333. The van der Waals surface area contributed by atoms with Crippen molar-refractivity contribution in [3.8, 4) is 5.75 Å². The molecule has 0 bridgehead atoms. The molecule has 0 radical (unpaired) electrons. The SMILES string of the molecule is COc1cccc2cc(C(=O)NCc3nc(C)cc(N4CCCC4)n3)c(=O)oc12. The van der Waals surface area contributed by atoms with Crippen molar-refractivity contribution in [1.82, 2.24) is 15.3 Å². The second kappa shape index (κ2) is 7.90. The molecule has 1 fully saturated rings. The fourth-order valence-electron chi connectivity index (χ4n) is 3.49. The number of methoxy groups -OCH3 is 1. The summed E-state index contributed by atoms with van der Waals surface area (Å²) in [5.41, 5.74) is 0.359. The van der Waals surface area contributed by atoms with E-state index in [2.05, 4.69) is 20.2 Å². The maximum Gasteiger partial charge on any atom is 0.349 e. The lowest BCUT2D eigenvalue weighted by molar-refractivity contribution is 0.0946.